The van der Waals surface area contributed by atoms with E-state index in [2.05, 4.69) is 13.8 Å². The first kappa shape index (κ1) is 17.0. The molecule has 0 radical (unpaired) electrons. The second kappa shape index (κ2) is 7.07. The smallest absolute Gasteiger partial charge is 0.311 e. The molecule has 1 saturated heterocycles. The molecular formula is C15H28N2O3. The second-order valence-electron chi connectivity index (χ2n) is 6.41. The molecule has 1 amide bonds. The van der Waals surface area contributed by atoms with Crippen molar-refractivity contribution in [3.63, 3.8) is 0 Å². The van der Waals surface area contributed by atoms with E-state index in [4.69, 9.17) is 5.73 Å². The summed E-state index contributed by atoms with van der Waals surface area (Å²) >= 11 is 0. The Hall–Kier alpha value is -1.10. The van der Waals surface area contributed by atoms with E-state index in [1.54, 1.807) is 4.90 Å². The van der Waals surface area contributed by atoms with Crippen LogP contribution in [0.15, 0.2) is 0 Å². The quantitative estimate of drug-likeness (QED) is 0.745. The molecular weight excluding hydrogens is 256 g/mol. The molecule has 1 aliphatic heterocycles. The summed E-state index contributed by atoms with van der Waals surface area (Å²) in [5.74, 6) is -0.514. The molecule has 0 spiro atoms. The fourth-order valence-electron chi connectivity index (χ4n) is 3.15. The number of nitrogens with zero attached hydrogens (tertiary/aromatic N) is 1. The maximum Gasteiger partial charge on any atom is 0.311 e. The van der Waals surface area contributed by atoms with Gasteiger partial charge in [-0.25, -0.2) is 0 Å². The predicted octanol–water partition coefficient (Wildman–Crippen LogP) is 1.71. The molecule has 116 valence electrons. The number of rotatable bonds is 7. The van der Waals surface area contributed by atoms with Crippen LogP contribution in [0, 0.1) is 17.3 Å². The van der Waals surface area contributed by atoms with Crippen LogP contribution in [-0.4, -0.2) is 41.5 Å². The number of carboxylic acid groups (broad SMARTS) is 1. The molecule has 20 heavy (non-hydrogen) atoms. The molecule has 5 nitrogen and oxygen atoms in total. The average Bonchev–Trinajstić information content (AvgIpc) is 2.81. The molecule has 5 heteroatoms. The molecule has 0 saturated carbocycles. The number of carboxylic acids is 1. The summed E-state index contributed by atoms with van der Waals surface area (Å²) in [7, 11) is 0. The molecule has 0 aliphatic carbocycles. The van der Waals surface area contributed by atoms with Crippen LogP contribution in [0.2, 0.25) is 0 Å². The number of carbonyl (C=O) groups is 2. The number of likely N-dealkylation sites (tertiary alicyclic amines) is 1. The lowest BCUT2D eigenvalue weighted by Gasteiger charge is -2.27. The fraction of sp³-hybridized carbons (Fsp3) is 0.867. The molecule has 0 aromatic carbocycles. The van der Waals surface area contributed by atoms with Crippen LogP contribution in [0.5, 0.6) is 0 Å². The first-order valence-corrected chi connectivity index (χ1v) is 7.58. The summed E-state index contributed by atoms with van der Waals surface area (Å²) in [6, 6.07) is 0. The second-order valence-corrected chi connectivity index (χ2v) is 6.41. The SMILES string of the molecule is CCCC1(C(=O)O)CCN(C(=O)C(CN)CC(C)C)C1. The zero-order valence-electron chi connectivity index (χ0n) is 12.9. The van der Waals surface area contributed by atoms with E-state index < -0.39 is 11.4 Å². The molecule has 0 bridgehead atoms. The van der Waals surface area contributed by atoms with Crippen molar-refractivity contribution in [1.82, 2.24) is 4.90 Å². The van der Waals surface area contributed by atoms with Crippen molar-refractivity contribution in [3.8, 4) is 0 Å². The Labute approximate surface area is 121 Å². The fourth-order valence-corrected chi connectivity index (χ4v) is 3.15. The van der Waals surface area contributed by atoms with Crippen LogP contribution in [0.25, 0.3) is 0 Å². The van der Waals surface area contributed by atoms with Gasteiger partial charge in [0.25, 0.3) is 0 Å². The molecule has 1 rings (SSSR count). The van der Waals surface area contributed by atoms with E-state index in [0.29, 0.717) is 38.4 Å². The van der Waals surface area contributed by atoms with E-state index in [0.717, 1.165) is 12.8 Å². The maximum absolute atomic E-state index is 12.5. The molecule has 3 N–H and O–H groups in total. The summed E-state index contributed by atoms with van der Waals surface area (Å²) < 4.78 is 0. The third kappa shape index (κ3) is 3.72. The van der Waals surface area contributed by atoms with Crippen molar-refractivity contribution in [3.05, 3.63) is 0 Å². The van der Waals surface area contributed by atoms with Gasteiger partial charge in [-0.3, -0.25) is 9.59 Å². The minimum absolute atomic E-state index is 0.0282. The summed E-state index contributed by atoms with van der Waals surface area (Å²) in [6.45, 7) is 7.33. The highest BCUT2D eigenvalue weighted by Gasteiger charge is 2.46. The van der Waals surface area contributed by atoms with E-state index in [9.17, 15) is 14.7 Å². The first-order valence-electron chi connectivity index (χ1n) is 7.58. The highest BCUT2D eigenvalue weighted by atomic mass is 16.4. The van der Waals surface area contributed by atoms with Gasteiger partial charge in [0.2, 0.25) is 5.91 Å². The Bertz CT molecular complexity index is 357. The lowest BCUT2D eigenvalue weighted by Crippen LogP contribution is -2.41. The Morgan fingerprint density at radius 1 is 1.40 bits per heavy atom. The lowest BCUT2D eigenvalue weighted by molar-refractivity contribution is -0.149. The van der Waals surface area contributed by atoms with Crippen LogP contribution < -0.4 is 5.73 Å². The molecule has 1 aliphatic rings. The van der Waals surface area contributed by atoms with Gasteiger partial charge in [0.1, 0.15) is 0 Å². The van der Waals surface area contributed by atoms with Crippen molar-refractivity contribution in [2.24, 2.45) is 23.0 Å². The van der Waals surface area contributed by atoms with E-state index in [-0.39, 0.29) is 11.8 Å². The van der Waals surface area contributed by atoms with Gasteiger partial charge >= 0.3 is 5.97 Å². The Balaban J connectivity index is 2.74. The van der Waals surface area contributed by atoms with Gasteiger partial charge in [-0.1, -0.05) is 27.2 Å². The summed E-state index contributed by atoms with van der Waals surface area (Å²) in [5, 5.41) is 9.47. The molecule has 0 aromatic rings. The zero-order chi connectivity index (χ0) is 15.3. The number of hydrogen-bond acceptors (Lipinski definition) is 3. The van der Waals surface area contributed by atoms with Crippen LogP contribution in [0.4, 0.5) is 0 Å². The van der Waals surface area contributed by atoms with Gasteiger partial charge in [0.05, 0.1) is 11.3 Å². The standard InChI is InChI=1S/C15H28N2O3/c1-4-5-15(14(19)20)6-7-17(10-15)13(18)12(9-16)8-11(2)3/h11-12H,4-10,16H2,1-3H3,(H,19,20). The monoisotopic (exact) mass is 284 g/mol. The number of hydrogen-bond donors (Lipinski definition) is 2. The number of carbonyl (C=O) groups excluding carboxylic acids is 1. The highest BCUT2D eigenvalue weighted by Crippen LogP contribution is 2.36. The Kier molecular flexibility index (Phi) is 5.99. The molecule has 0 aromatic heterocycles. The van der Waals surface area contributed by atoms with E-state index in [1.807, 2.05) is 6.92 Å². The van der Waals surface area contributed by atoms with Gasteiger partial charge in [-0.05, 0) is 25.2 Å². The van der Waals surface area contributed by atoms with Crippen LogP contribution in [-0.2, 0) is 9.59 Å². The van der Waals surface area contributed by atoms with Crippen LogP contribution in [0.3, 0.4) is 0 Å². The normalized spacial score (nSPS) is 24.1. The minimum atomic E-state index is -0.775. The molecule has 2 unspecified atom stereocenters. The number of amides is 1. The first-order chi connectivity index (χ1) is 9.36. The molecule has 1 heterocycles. The summed E-state index contributed by atoms with van der Waals surface area (Å²) in [5.41, 5.74) is 4.96. The van der Waals surface area contributed by atoms with Crippen LogP contribution in [0.1, 0.15) is 46.5 Å². The zero-order valence-corrected chi connectivity index (χ0v) is 12.9. The topological polar surface area (TPSA) is 83.6 Å². The van der Waals surface area contributed by atoms with Gasteiger partial charge < -0.3 is 15.7 Å². The molecule has 1 fully saturated rings. The third-order valence-electron chi connectivity index (χ3n) is 4.24. The number of nitrogens with two attached hydrogens (primary N) is 1. The largest absolute Gasteiger partial charge is 0.481 e. The molecule has 2 atom stereocenters. The average molecular weight is 284 g/mol. The van der Waals surface area contributed by atoms with Gasteiger partial charge in [-0.2, -0.15) is 0 Å². The maximum atomic E-state index is 12.5. The lowest BCUT2D eigenvalue weighted by atomic mass is 9.82. The Morgan fingerprint density at radius 2 is 2.05 bits per heavy atom. The van der Waals surface area contributed by atoms with Crippen molar-refractivity contribution >= 4 is 11.9 Å². The summed E-state index contributed by atoms with van der Waals surface area (Å²) in [6.07, 6.45) is 2.77. The predicted molar refractivity (Wildman–Crippen MR) is 78.2 cm³/mol. The van der Waals surface area contributed by atoms with Crippen molar-refractivity contribution in [1.29, 1.82) is 0 Å². The third-order valence-corrected chi connectivity index (χ3v) is 4.24. The number of aliphatic carboxylic acids is 1. The van der Waals surface area contributed by atoms with Gasteiger partial charge in [-0.15, -0.1) is 0 Å². The van der Waals surface area contributed by atoms with Crippen molar-refractivity contribution < 1.29 is 14.7 Å². The Morgan fingerprint density at radius 3 is 2.50 bits per heavy atom. The van der Waals surface area contributed by atoms with Crippen molar-refractivity contribution in [2.45, 2.75) is 46.5 Å². The minimum Gasteiger partial charge on any atom is -0.481 e. The van der Waals surface area contributed by atoms with Crippen LogP contribution >= 0.6 is 0 Å². The van der Waals surface area contributed by atoms with Crippen molar-refractivity contribution in [2.75, 3.05) is 19.6 Å². The van der Waals surface area contributed by atoms with E-state index in [1.165, 1.54) is 0 Å². The highest BCUT2D eigenvalue weighted by molar-refractivity contribution is 5.82. The summed E-state index contributed by atoms with van der Waals surface area (Å²) in [4.78, 5) is 25.7. The van der Waals surface area contributed by atoms with Gasteiger partial charge in [0, 0.05) is 19.6 Å². The van der Waals surface area contributed by atoms with E-state index >= 15 is 0 Å². The van der Waals surface area contributed by atoms with Gasteiger partial charge in [0.15, 0.2) is 0 Å².